The molecule has 112 valence electrons. The van der Waals surface area contributed by atoms with Crippen LogP contribution in [0.25, 0.3) is 0 Å². The van der Waals surface area contributed by atoms with E-state index in [1.54, 1.807) is 5.57 Å². The molecule has 2 saturated carbocycles. The Bertz CT molecular complexity index is 426. The number of aliphatic hydroxyl groups is 1. The third kappa shape index (κ3) is 2.06. The second-order valence-electron chi connectivity index (χ2n) is 7.76. The number of allylic oxidation sites excluding steroid dienone is 1. The van der Waals surface area contributed by atoms with Crippen LogP contribution in [0.15, 0.2) is 11.6 Å². The van der Waals surface area contributed by atoms with Crippen molar-refractivity contribution in [1.29, 1.82) is 0 Å². The molecule has 0 aromatic carbocycles. The lowest BCUT2D eigenvalue weighted by molar-refractivity contribution is -0.215. The summed E-state index contributed by atoms with van der Waals surface area (Å²) in [6, 6.07) is 0. The van der Waals surface area contributed by atoms with Gasteiger partial charge < -0.3 is 14.6 Å². The Morgan fingerprint density at radius 1 is 1.40 bits per heavy atom. The maximum atomic E-state index is 9.96. The molecule has 0 aromatic heterocycles. The highest BCUT2D eigenvalue weighted by Gasteiger charge is 2.56. The van der Waals surface area contributed by atoms with Crippen LogP contribution in [0, 0.1) is 17.3 Å². The lowest BCUT2D eigenvalue weighted by Gasteiger charge is -2.42. The molecule has 3 fully saturated rings. The quantitative estimate of drug-likeness (QED) is 0.807. The Hall–Kier alpha value is -0.380. The van der Waals surface area contributed by atoms with E-state index in [1.165, 1.54) is 25.7 Å². The van der Waals surface area contributed by atoms with Crippen LogP contribution in [0.1, 0.15) is 51.9 Å². The number of aliphatic hydroxyl groups excluding tert-OH is 1. The highest BCUT2D eigenvalue weighted by Crippen LogP contribution is 2.63. The second kappa shape index (κ2) is 4.56. The predicted molar refractivity (Wildman–Crippen MR) is 76.1 cm³/mol. The summed E-state index contributed by atoms with van der Waals surface area (Å²) < 4.78 is 12.1. The number of fused-ring (bicyclic) bond motifs is 1. The molecular formula is C17H26O3. The molecule has 3 heteroatoms. The highest BCUT2D eigenvalue weighted by molar-refractivity contribution is 5.30. The Morgan fingerprint density at radius 3 is 3.05 bits per heavy atom. The SMILES string of the molecule is CC1(OC2CCCCO2)C=C2CC3CC(CO)(CC23)C1. The van der Waals surface area contributed by atoms with Crippen molar-refractivity contribution in [3.8, 4) is 0 Å². The van der Waals surface area contributed by atoms with E-state index >= 15 is 0 Å². The van der Waals surface area contributed by atoms with Gasteiger partial charge in [0, 0.05) is 13.2 Å². The molecule has 1 N–H and O–H groups in total. The fourth-order valence-corrected chi connectivity index (χ4v) is 5.22. The summed E-state index contributed by atoms with van der Waals surface area (Å²) in [5.74, 6) is 1.57. The second-order valence-corrected chi connectivity index (χ2v) is 7.76. The zero-order chi connectivity index (χ0) is 13.8. The molecule has 0 amide bonds. The van der Waals surface area contributed by atoms with Gasteiger partial charge in [0.05, 0.1) is 5.60 Å². The Morgan fingerprint density at radius 2 is 2.30 bits per heavy atom. The number of rotatable bonds is 3. The minimum atomic E-state index is -0.250. The molecule has 1 heterocycles. The summed E-state index contributed by atoms with van der Waals surface area (Å²) in [7, 11) is 0. The largest absolute Gasteiger partial charge is 0.396 e. The lowest BCUT2D eigenvalue weighted by atomic mass is 9.68. The Balaban J connectivity index is 1.57. The standard InChI is InChI=1S/C17H26O3/c1-16(20-15-4-2-3-5-19-15)7-12-6-13-8-17(10-16,11-18)9-14(12)13/h7,13-15,18H,2-6,8-11H2,1H3. The average Bonchev–Trinajstić information content (AvgIpc) is 2.65. The van der Waals surface area contributed by atoms with Gasteiger partial charge in [-0.2, -0.15) is 0 Å². The Labute approximate surface area is 121 Å². The molecule has 1 aliphatic heterocycles. The van der Waals surface area contributed by atoms with Gasteiger partial charge in [0.15, 0.2) is 6.29 Å². The highest BCUT2D eigenvalue weighted by atomic mass is 16.7. The zero-order valence-corrected chi connectivity index (χ0v) is 12.4. The van der Waals surface area contributed by atoms with E-state index in [2.05, 4.69) is 13.0 Å². The normalized spacial score (nSPS) is 50.3. The summed E-state index contributed by atoms with van der Waals surface area (Å²) in [5, 5.41) is 9.96. The molecule has 3 nitrogen and oxygen atoms in total. The third-order valence-corrected chi connectivity index (χ3v) is 5.98. The number of ether oxygens (including phenoxy) is 2. The van der Waals surface area contributed by atoms with Crippen LogP contribution in [-0.4, -0.2) is 30.2 Å². The molecule has 4 aliphatic rings. The average molecular weight is 278 g/mol. The maximum Gasteiger partial charge on any atom is 0.158 e. The van der Waals surface area contributed by atoms with Crippen molar-refractivity contribution in [2.75, 3.05) is 13.2 Å². The molecule has 1 saturated heterocycles. The predicted octanol–water partition coefficient (Wildman–Crippen LogP) is 3.03. The summed E-state index contributed by atoms with van der Waals surface area (Å²) in [6.45, 7) is 3.34. The third-order valence-electron chi connectivity index (χ3n) is 5.98. The number of hydrogen-bond acceptors (Lipinski definition) is 3. The van der Waals surface area contributed by atoms with E-state index < -0.39 is 0 Å². The topological polar surface area (TPSA) is 38.7 Å². The first kappa shape index (κ1) is 13.3. The molecule has 5 unspecified atom stereocenters. The van der Waals surface area contributed by atoms with Gasteiger partial charge >= 0.3 is 0 Å². The lowest BCUT2D eigenvalue weighted by Crippen LogP contribution is -2.41. The molecule has 0 aromatic rings. The Kier molecular flexibility index (Phi) is 3.03. The molecule has 3 aliphatic carbocycles. The van der Waals surface area contributed by atoms with Crippen LogP contribution in [0.3, 0.4) is 0 Å². The van der Waals surface area contributed by atoms with Crippen molar-refractivity contribution in [3.05, 3.63) is 11.6 Å². The van der Waals surface area contributed by atoms with E-state index in [1.807, 2.05) is 0 Å². The van der Waals surface area contributed by atoms with Crippen LogP contribution in [-0.2, 0) is 9.47 Å². The smallest absolute Gasteiger partial charge is 0.158 e. The summed E-state index contributed by atoms with van der Waals surface area (Å²) in [4.78, 5) is 0. The molecule has 20 heavy (non-hydrogen) atoms. The van der Waals surface area contributed by atoms with Crippen LogP contribution in [0.5, 0.6) is 0 Å². The minimum absolute atomic E-state index is 0.0474. The van der Waals surface area contributed by atoms with Gasteiger partial charge in [0.1, 0.15) is 0 Å². The van der Waals surface area contributed by atoms with Gasteiger partial charge in [-0.05, 0) is 69.1 Å². The van der Waals surface area contributed by atoms with E-state index in [9.17, 15) is 5.11 Å². The van der Waals surface area contributed by atoms with Gasteiger partial charge in [0.25, 0.3) is 0 Å². The fraction of sp³-hybridized carbons (Fsp3) is 0.882. The summed E-state index contributed by atoms with van der Waals surface area (Å²) >= 11 is 0. The molecular weight excluding hydrogens is 252 g/mol. The van der Waals surface area contributed by atoms with Gasteiger partial charge in [-0.15, -0.1) is 0 Å². The van der Waals surface area contributed by atoms with Crippen molar-refractivity contribution in [2.45, 2.75) is 63.8 Å². The fourth-order valence-electron chi connectivity index (χ4n) is 5.22. The molecule has 0 radical (unpaired) electrons. The van der Waals surface area contributed by atoms with Crippen molar-refractivity contribution >= 4 is 0 Å². The first-order valence-electron chi connectivity index (χ1n) is 8.23. The molecule has 5 atom stereocenters. The summed E-state index contributed by atoms with van der Waals surface area (Å²) in [5.41, 5.74) is 1.43. The van der Waals surface area contributed by atoms with Crippen LogP contribution < -0.4 is 0 Å². The van der Waals surface area contributed by atoms with E-state index in [0.717, 1.165) is 37.7 Å². The maximum absolute atomic E-state index is 9.96. The van der Waals surface area contributed by atoms with Gasteiger partial charge in [0.2, 0.25) is 0 Å². The summed E-state index contributed by atoms with van der Waals surface area (Å²) in [6.07, 6.45) is 10.2. The van der Waals surface area contributed by atoms with Crippen molar-refractivity contribution in [2.24, 2.45) is 17.3 Å². The van der Waals surface area contributed by atoms with Crippen molar-refractivity contribution < 1.29 is 14.6 Å². The molecule has 4 rings (SSSR count). The van der Waals surface area contributed by atoms with Crippen molar-refractivity contribution in [3.63, 3.8) is 0 Å². The van der Waals surface area contributed by atoms with E-state index in [-0.39, 0.29) is 17.3 Å². The minimum Gasteiger partial charge on any atom is -0.396 e. The van der Waals surface area contributed by atoms with Crippen LogP contribution >= 0.6 is 0 Å². The monoisotopic (exact) mass is 278 g/mol. The van der Waals surface area contributed by atoms with Gasteiger partial charge in [-0.1, -0.05) is 11.6 Å². The van der Waals surface area contributed by atoms with Gasteiger partial charge in [-0.25, -0.2) is 0 Å². The first-order valence-corrected chi connectivity index (χ1v) is 8.23. The zero-order valence-electron chi connectivity index (χ0n) is 12.4. The van der Waals surface area contributed by atoms with E-state index in [0.29, 0.717) is 6.61 Å². The van der Waals surface area contributed by atoms with Crippen molar-refractivity contribution in [1.82, 2.24) is 0 Å². The van der Waals surface area contributed by atoms with E-state index in [4.69, 9.17) is 9.47 Å². The number of hydrogen-bond donors (Lipinski definition) is 1. The molecule has 0 spiro atoms. The van der Waals surface area contributed by atoms with Gasteiger partial charge in [-0.3, -0.25) is 0 Å². The molecule has 2 bridgehead atoms. The van der Waals surface area contributed by atoms with Crippen LogP contribution in [0.2, 0.25) is 0 Å². The van der Waals surface area contributed by atoms with Crippen LogP contribution in [0.4, 0.5) is 0 Å². The first-order chi connectivity index (χ1) is 9.61.